The lowest BCUT2D eigenvalue weighted by Gasteiger charge is -2.18. The second-order valence-electron chi connectivity index (χ2n) is 4.72. The molecule has 6 heteroatoms. The number of para-hydroxylation sites is 1. The molecule has 0 aromatic heterocycles. The average molecular weight is 292 g/mol. The predicted molar refractivity (Wildman–Crippen MR) is 80.4 cm³/mol. The first kappa shape index (κ1) is 13.2. The summed E-state index contributed by atoms with van der Waals surface area (Å²) < 4.78 is 13.6. The smallest absolute Gasteiger partial charge is 0.253 e. The second-order valence-corrected chi connectivity index (χ2v) is 5.87. The number of halogens is 1. The molecule has 0 amide bonds. The van der Waals surface area contributed by atoms with Gasteiger partial charge in [-0.3, -0.25) is 9.59 Å². The summed E-state index contributed by atoms with van der Waals surface area (Å²) in [5.74, 6) is 1.50. The number of hydrogen-bond acceptors (Lipinski definition) is 5. The van der Waals surface area contributed by atoms with E-state index in [2.05, 4.69) is 10.6 Å². The largest absolute Gasteiger partial charge is 0.376 e. The Hall–Kier alpha value is -1.82. The van der Waals surface area contributed by atoms with Crippen LogP contribution in [0.4, 0.5) is 21.5 Å². The van der Waals surface area contributed by atoms with Crippen LogP contribution < -0.4 is 21.5 Å². The molecular formula is C14H13FN2O2S. The minimum absolute atomic E-state index is 0.164. The highest BCUT2D eigenvalue weighted by molar-refractivity contribution is 7.99. The van der Waals surface area contributed by atoms with Crippen molar-refractivity contribution >= 4 is 28.8 Å². The van der Waals surface area contributed by atoms with Crippen molar-refractivity contribution < 1.29 is 4.39 Å². The van der Waals surface area contributed by atoms with Crippen LogP contribution in [0.1, 0.15) is 6.42 Å². The summed E-state index contributed by atoms with van der Waals surface area (Å²) in [5, 5.41) is 5.80. The molecular weight excluding hydrogens is 279 g/mol. The van der Waals surface area contributed by atoms with Crippen LogP contribution in [0.15, 0.2) is 33.9 Å². The van der Waals surface area contributed by atoms with Gasteiger partial charge in [-0.1, -0.05) is 12.1 Å². The van der Waals surface area contributed by atoms with Gasteiger partial charge in [-0.25, -0.2) is 4.39 Å². The zero-order chi connectivity index (χ0) is 14.1. The monoisotopic (exact) mass is 292 g/mol. The predicted octanol–water partition coefficient (Wildman–Crippen LogP) is 2.08. The summed E-state index contributed by atoms with van der Waals surface area (Å²) in [6, 6.07) is 6.26. The van der Waals surface area contributed by atoms with E-state index in [9.17, 15) is 14.0 Å². The molecule has 1 aliphatic heterocycles. The Balaban J connectivity index is 1.83. The van der Waals surface area contributed by atoms with Gasteiger partial charge in [0.1, 0.15) is 17.2 Å². The van der Waals surface area contributed by atoms with Gasteiger partial charge < -0.3 is 10.6 Å². The first-order valence-corrected chi connectivity index (χ1v) is 7.51. The Kier molecular flexibility index (Phi) is 3.48. The summed E-state index contributed by atoms with van der Waals surface area (Å²) in [6.07, 6.45) is 0.961. The summed E-state index contributed by atoms with van der Waals surface area (Å²) in [7, 11) is 0. The number of hydrogen-bond donors (Lipinski definition) is 2. The molecule has 1 aliphatic rings. The van der Waals surface area contributed by atoms with E-state index in [0.717, 1.165) is 17.9 Å². The van der Waals surface area contributed by atoms with Crippen LogP contribution in [0.2, 0.25) is 0 Å². The molecule has 1 fully saturated rings. The van der Waals surface area contributed by atoms with Gasteiger partial charge in [0.25, 0.3) is 10.9 Å². The lowest BCUT2D eigenvalue weighted by molar-refractivity contribution is 0.632. The highest BCUT2D eigenvalue weighted by atomic mass is 32.2. The maximum Gasteiger partial charge on any atom is 0.253 e. The van der Waals surface area contributed by atoms with E-state index >= 15 is 0 Å². The molecule has 1 unspecified atom stereocenters. The molecule has 0 radical (unpaired) electrons. The minimum atomic E-state index is -0.596. The zero-order valence-electron chi connectivity index (χ0n) is 10.6. The second kappa shape index (κ2) is 5.28. The summed E-state index contributed by atoms with van der Waals surface area (Å²) in [5.41, 5.74) is -0.478. The van der Waals surface area contributed by atoms with Crippen LogP contribution in [0.3, 0.4) is 0 Å². The van der Waals surface area contributed by atoms with E-state index in [1.165, 1.54) is 12.1 Å². The topological polar surface area (TPSA) is 58.2 Å². The average Bonchev–Trinajstić information content (AvgIpc) is 2.97. The molecule has 1 heterocycles. The minimum Gasteiger partial charge on any atom is -0.376 e. The van der Waals surface area contributed by atoms with E-state index < -0.39 is 16.7 Å². The van der Waals surface area contributed by atoms with Crippen LogP contribution in [0.5, 0.6) is 0 Å². The summed E-state index contributed by atoms with van der Waals surface area (Å²) in [6.45, 7) is 0. The van der Waals surface area contributed by atoms with Crippen molar-refractivity contribution in [2.45, 2.75) is 12.5 Å². The Morgan fingerprint density at radius 1 is 1.15 bits per heavy atom. The maximum atomic E-state index is 13.6. The molecule has 0 saturated carbocycles. The molecule has 1 atom stereocenters. The Bertz CT molecular complexity index is 703. The molecule has 20 heavy (non-hydrogen) atoms. The van der Waals surface area contributed by atoms with Crippen LogP contribution in [0.25, 0.3) is 0 Å². The fourth-order valence-electron chi connectivity index (χ4n) is 2.20. The lowest BCUT2D eigenvalue weighted by atomic mass is 10.1. The molecule has 3 rings (SSSR count). The van der Waals surface area contributed by atoms with Crippen LogP contribution in [0, 0.1) is 5.82 Å². The molecule has 0 aliphatic carbocycles. The first-order chi connectivity index (χ1) is 9.66. The van der Waals surface area contributed by atoms with Crippen molar-refractivity contribution in [2.75, 3.05) is 22.1 Å². The number of nitrogens with one attached hydrogen (secondary N) is 2. The first-order valence-electron chi connectivity index (χ1n) is 6.36. The summed E-state index contributed by atoms with van der Waals surface area (Å²) >= 11 is 1.81. The van der Waals surface area contributed by atoms with E-state index in [1.54, 1.807) is 23.9 Å². The van der Waals surface area contributed by atoms with Crippen molar-refractivity contribution in [3.8, 4) is 0 Å². The number of anilines is 3. The highest BCUT2D eigenvalue weighted by Crippen LogP contribution is 2.26. The van der Waals surface area contributed by atoms with Crippen LogP contribution in [-0.4, -0.2) is 17.5 Å². The van der Waals surface area contributed by atoms with E-state index in [4.69, 9.17) is 0 Å². The van der Waals surface area contributed by atoms with Crippen molar-refractivity contribution in [3.63, 3.8) is 0 Å². The molecule has 0 spiro atoms. The van der Waals surface area contributed by atoms with E-state index in [1.807, 2.05) is 0 Å². The van der Waals surface area contributed by atoms with Crippen molar-refractivity contribution in [3.05, 3.63) is 50.5 Å². The molecule has 104 valence electrons. The quantitative estimate of drug-likeness (QED) is 0.845. The maximum absolute atomic E-state index is 13.6. The summed E-state index contributed by atoms with van der Waals surface area (Å²) in [4.78, 5) is 23.2. The van der Waals surface area contributed by atoms with E-state index in [-0.39, 0.29) is 23.1 Å². The normalized spacial score (nSPS) is 18.4. The number of rotatable bonds is 4. The van der Waals surface area contributed by atoms with Gasteiger partial charge in [-0.2, -0.15) is 11.8 Å². The number of thioether (sulfide) groups is 1. The highest BCUT2D eigenvalue weighted by Gasteiger charge is 2.25. The molecule has 4 nitrogen and oxygen atoms in total. The SMILES string of the molecule is O=c1c(Nc2ccccc2F)c(NC2CCSC2)c1=O. The lowest BCUT2D eigenvalue weighted by Crippen LogP contribution is -2.39. The Labute approximate surface area is 119 Å². The van der Waals surface area contributed by atoms with Gasteiger partial charge in [0.15, 0.2) is 0 Å². The third kappa shape index (κ3) is 2.31. The molecule has 2 N–H and O–H groups in total. The third-order valence-electron chi connectivity index (χ3n) is 3.32. The van der Waals surface area contributed by atoms with Gasteiger partial charge in [0.05, 0.1) is 5.69 Å². The van der Waals surface area contributed by atoms with Gasteiger partial charge >= 0.3 is 0 Å². The van der Waals surface area contributed by atoms with Gasteiger partial charge in [0.2, 0.25) is 0 Å². The van der Waals surface area contributed by atoms with Crippen LogP contribution in [-0.2, 0) is 0 Å². The van der Waals surface area contributed by atoms with Gasteiger partial charge in [-0.15, -0.1) is 0 Å². The van der Waals surface area contributed by atoms with Crippen LogP contribution >= 0.6 is 11.8 Å². The Morgan fingerprint density at radius 2 is 1.90 bits per heavy atom. The standard InChI is InChI=1S/C14H13FN2O2S/c15-9-3-1-2-4-10(9)17-12-11(13(18)14(12)19)16-8-5-6-20-7-8/h1-4,8,16-17H,5-7H2. The third-order valence-corrected chi connectivity index (χ3v) is 4.48. The molecule has 2 aromatic carbocycles. The molecule has 2 aromatic rings. The Morgan fingerprint density at radius 3 is 2.60 bits per heavy atom. The van der Waals surface area contributed by atoms with Crippen molar-refractivity contribution in [2.24, 2.45) is 0 Å². The fraction of sp³-hybridized carbons (Fsp3) is 0.286. The zero-order valence-corrected chi connectivity index (χ0v) is 11.4. The fourth-order valence-corrected chi connectivity index (χ4v) is 3.35. The van der Waals surface area contributed by atoms with Gasteiger partial charge in [-0.05, 0) is 24.3 Å². The molecule has 1 saturated heterocycles. The van der Waals surface area contributed by atoms with Gasteiger partial charge in [0, 0.05) is 11.8 Å². The number of benzene rings is 1. The molecule has 0 bridgehead atoms. The van der Waals surface area contributed by atoms with E-state index in [0.29, 0.717) is 0 Å². The van der Waals surface area contributed by atoms with Crippen molar-refractivity contribution in [1.82, 2.24) is 0 Å². The van der Waals surface area contributed by atoms with Crippen molar-refractivity contribution in [1.29, 1.82) is 0 Å².